The number of rotatable bonds is 7. The number of ketones is 1. The van der Waals surface area contributed by atoms with Gasteiger partial charge in [0.1, 0.15) is 30.4 Å². The Morgan fingerprint density at radius 2 is 1.89 bits per heavy atom. The Kier molecular flexibility index (Phi) is 6.49. The molecule has 0 bridgehead atoms. The highest BCUT2D eigenvalue weighted by Crippen LogP contribution is 2.50. The third-order valence-electron chi connectivity index (χ3n) is 4.10. The van der Waals surface area contributed by atoms with Crippen molar-refractivity contribution >= 4 is 64.2 Å². The second-order valence-electron chi connectivity index (χ2n) is 6.29. The van der Waals surface area contributed by atoms with E-state index in [-0.39, 0.29) is 35.8 Å². The van der Waals surface area contributed by atoms with Crippen molar-refractivity contribution in [2.24, 2.45) is 5.92 Å². The average Bonchev–Trinajstić information content (AvgIpc) is 2.98. The summed E-state index contributed by atoms with van der Waals surface area (Å²) < 4.78 is 9.02. The van der Waals surface area contributed by atoms with Crippen molar-refractivity contribution in [3.63, 3.8) is 0 Å². The highest BCUT2D eigenvalue weighted by atomic mass is 35.6. The summed E-state index contributed by atoms with van der Waals surface area (Å²) in [5.41, 5.74) is 0.0741. The number of benzene rings is 1. The topological polar surface area (TPSA) is 72.9 Å². The zero-order chi connectivity index (χ0) is 20.5. The monoisotopic (exact) mass is 463 g/mol. The molecule has 6 nitrogen and oxygen atoms in total. The van der Waals surface area contributed by atoms with Gasteiger partial charge in [0.05, 0.1) is 16.2 Å². The Hall–Kier alpha value is -1.41. The lowest BCUT2D eigenvalue weighted by atomic mass is 9.92. The first-order valence-electron chi connectivity index (χ1n) is 8.31. The molecule has 2 atom stereocenters. The van der Waals surface area contributed by atoms with Crippen LogP contribution in [0.25, 0.3) is 0 Å². The van der Waals surface area contributed by atoms with Gasteiger partial charge in [-0.05, 0) is 19.1 Å². The number of Topliss-reactive ketones (excluding diaryl/α,β-unsaturated/α-hetero) is 1. The van der Waals surface area contributed by atoms with Crippen LogP contribution < -0.4 is 4.74 Å². The van der Waals surface area contributed by atoms with E-state index in [9.17, 15) is 14.4 Å². The maximum Gasteiger partial charge on any atom is 0.356 e. The molecule has 1 fully saturated rings. The first-order chi connectivity index (χ1) is 13.2. The van der Waals surface area contributed by atoms with E-state index in [4.69, 9.17) is 44.3 Å². The maximum absolute atomic E-state index is 12.6. The molecule has 3 rings (SSSR count). The van der Waals surface area contributed by atoms with Gasteiger partial charge in [-0.25, -0.2) is 4.79 Å². The van der Waals surface area contributed by atoms with Crippen LogP contribution in [-0.4, -0.2) is 44.9 Å². The summed E-state index contributed by atoms with van der Waals surface area (Å²) >= 11 is 18.2. The fraction of sp³-hybridized carbons (Fsp3) is 0.389. The minimum atomic E-state index is -1.77. The fourth-order valence-electron chi connectivity index (χ4n) is 2.93. The van der Waals surface area contributed by atoms with Crippen LogP contribution in [-0.2, 0) is 19.1 Å². The van der Waals surface area contributed by atoms with Crippen molar-refractivity contribution in [2.75, 3.05) is 13.2 Å². The third-order valence-corrected chi connectivity index (χ3v) is 5.81. The van der Waals surface area contributed by atoms with Crippen molar-refractivity contribution in [1.82, 2.24) is 4.90 Å². The van der Waals surface area contributed by atoms with Gasteiger partial charge in [0, 0.05) is 6.42 Å². The molecule has 1 aromatic carbocycles. The van der Waals surface area contributed by atoms with Crippen LogP contribution in [0, 0.1) is 5.92 Å². The number of fused-ring (bicyclic) bond motifs is 1. The van der Waals surface area contributed by atoms with Gasteiger partial charge in [0.2, 0.25) is 9.70 Å². The molecule has 1 aromatic rings. The van der Waals surface area contributed by atoms with Crippen molar-refractivity contribution < 1.29 is 23.9 Å². The van der Waals surface area contributed by atoms with Gasteiger partial charge in [-0.1, -0.05) is 64.8 Å². The molecule has 0 spiro atoms. The van der Waals surface area contributed by atoms with Crippen molar-refractivity contribution in [2.45, 2.75) is 22.5 Å². The lowest BCUT2D eigenvalue weighted by Gasteiger charge is -2.42. The van der Waals surface area contributed by atoms with Gasteiger partial charge < -0.3 is 14.3 Å². The number of carbonyl (C=O) groups excluding carboxylic acids is 3. The van der Waals surface area contributed by atoms with E-state index in [2.05, 4.69) is 0 Å². The van der Waals surface area contributed by atoms with E-state index in [1.807, 2.05) is 18.2 Å². The Bertz CT molecular complexity index is 824. The second-order valence-corrected chi connectivity index (χ2v) is 10.0. The summed E-state index contributed by atoms with van der Waals surface area (Å²) in [5.74, 6) is -1.03. The maximum atomic E-state index is 12.6. The van der Waals surface area contributed by atoms with Crippen LogP contribution in [0.3, 0.4) is 0 Å². The first kappa shape index (κ1) is 21.3. The number of halogens is 3. The molecule has 0 aliphatic carbocycles. The highest BCUT2D eigenvalue weighted by Gasteiger charge is 2.56. The quantitative estimate of drug-likeness (QED) is 0.348. The van der Waals surface area contributed by atoms with Crippen molar-refractivity contribution in [3.8, 4) is 5.75 Å². The molecule has 2 aliphatic heterocycles. The SMILES string of the molecule is CC(=O)C[C@@H]1C(=O)N2C(C(=O)OCC(Cl)(Cl)Cl)=C(COc3ccccc3)S[C@H]12. The number of amides is 1. The zero-order valence-corrected chi connectivity index (χ0v) is 17.8. The van der Waals surface area contributed by atoms with E-state index in [1.165, 1.54) is 23.6 Å². The van der Waals surface area contributed by atoms with Gasteiger partial charge in [-0.15, -0.1) is 0 Å². The van der Waals surface area contributed by atoms with Crippen LogP contribution in [0.5, 0.6) is 5.75 Å². The molecule has 2 heterocycles. The standard InChI is InChI=1S/C18H16Cl3NO5S/c1-10(23)7-12-15(24)22-14(17(25)27-9-18(19,20)21)13(28-16(12)22)8-26-11-5-3-2-4-6-11/h2-6,12,16H,7-9H2,1H3/t12-,16-/m1/s1. The van der Waals surface area contributed by atoms with E-state index >= 15 is 0 Å². The predicted octanol–water partition coefficient (Wildman–Crippen LogP) is 3.70. The number of hydrogen-bond acceptors (Lipinski definition) is 6. The normalized spacial score (nSPS) is 21.3. The molecule has 0 unspecified atom stereocenters. The number of esters is 1. The number of para-hydroxylation sites is 1. The highest BCUT2D eigenvalue weighted by molar-refractivity contribution is 8.04. The molecule has 28 heavy (non-hydrogen) atoms. The van der Waals surface area contributed by atoms with Crippen LogP contribution in [0.1, 0.15) is 13.3 Å². The minimum Gasteiger partial charge on any atom is -0.488 e. The lowest BCUT2D eigenvalue weighted by Crippen LogP contribution is -2.57. The molecule has 0 N–H and O–H groups in total. The lowest BCUT2D eigenvalue weighted by molar-refractivity contribution is -0.154. The molecular weight excluding hydrogens is 449 g/mol. The number of nitrogens with zero attached hydrogens (tertiary/aromatic N) is 1. The van der Waals surface area contributed by atoms with Gasteiger partial charge in [-0.2, -0.15) is 0 Å². The number of alkyl halides is 3. The van der Waals surface area contributed by atoms with Gasteiger partial charge in [-0.3, -0.25) is 9.69 Å². The summed E-state index contributed by atoms with van der Waals surface area (Å²) in [6, 6.07) is 9.05. The smallest absolute Gasteiger partial charge is 0.356 e. The van der Waals surface area contributed by atoms with E-state index in [0.29, 0.717) is 10.7 Å². The molecular formula is C18H16Cl3NO5S. The van der Waals surface area contributed by atoms with Crippen LogP contribution >= 0.6 is 46.6 Å². The first-order valence-corrected chi connectivity index (χ1v) is 10.3. The summed E-state index contributed by atoms with van der Waals surface area (Å²) in [6.45, 7) is 1.04. The van der Waals surface area contributed by atoms with E-state index in [1.54, 1.807) is 12.1 Å². The fourth-order valence-corrected chi connectivity index (χ4v) is 4.49. The summed E-state index contributed by atoms with van der Waals surface area (Å²) in [6.07, 6.45) is 0.121. The number of ether oxygens (including phenoxy) is 2. The van der Waals surface area contributed by atoms with Gasteiger partial charge >= 0.3 is 5.97 Å². The average molecular weight is 465 g/mol. The van der Waals surface area contributed by atoms with Gasteiger partial charge in [0.15, 0.2) is 0 Å². The summed E-state index contributed by atoms with van der Waals surface area (Å²) in [4.78, 5) is 38.4. The van der Waals surface area contributed by atoms with Crippen LogP contribution in [0.15, 0.2) is 40.9 Å². The Morgan fingerprint density at radius 3 is 2.50 bits per heavy atom. The summed E-state index contributed by atoms with van der Waals surface area (Å²) in [7, 11) is 0. The molecule has 2 aliphatic rings. The van der Waals surface area contributed by atoms with Crippen molar-refractivity contribution in [3.05, 3.63) is 40.9 Å². The number of β-lactam (4-membered cyclic amide) rings is 1. The van der Waals surface area contributed by atoms with E-state index in [0.717, 1.165) is 0 Å². The van der Waals surface area contributed by atoms with Crippen molar-refractivity contribution in [1.29, 1.82) is 0 Å². The third kappa shape index (κ3) is 4.76. The largest absolute Gasteiger partial charge is 0.488 e. The Labute approximate surface area is 181 Å². The Morgan fingerprint density at radius 1 is 1.21 bits per heavy atom. The molecule has 10 heteroatoms. The Balaban J connectivity index is 1.79. The number of thioether (sulfide) groups is 1. The number of hydrogen-bond donors (Lipinski definition) is 0. The molecule has 150 valence electrons. The second kappa shape index (κ2) is 8.53. The minimum absolute atomic E-state index is 0.0694. The molecule has 0 saturated carbocycles. The number of carbonyl (C=O) groups is 3. The summed E-state index contributed by atoms with van der Waals surface area (Å²) in [5, 5.41) is -0.346. The van der Waals surface area contributed by atoms with E-state index < -0.39 is 22.3 Å². The van der Waals surface area contributed by atoms with Crippen LogP contribution in [0.2, 0.25) is 0 Å². The molecule has 0 aromatic heterocycles. The van der Waals surface area contributed by atoms with Gasteiger partial charge in [0.25, 0.3) is 0 Å². The molecule has 0 radical (unpaired) electrons. The molecule has 1 amide bonds. The predicted molar refractivity (Wildman–Crippen MR) is 107 cm³/mol. The molecule has 1 saturated heterocycles. The zero-order valence-electron chi connectivity index (χ0n) is 14.7. The van der Waals surface area contributed by atoms with Crippen LogP contribution in [0.4, 0.5) is 0 Å².